The summed E-state index contributed by atoms with van der Waals surface area (Å²) in [5.74, 6) is 2.09. The average Bonchev–Trinajstić information content (AvgIpc) is 2.34. The van der Waals surface area contributed by atoms with Crippen molar-refractivity contribution in [2.75, 3.05) is 0 Å². The molecule has 0 fully saturated rings. The molecule has 18 heavy (non-hydrogen) atoms. The molecule has 0 heteroatoms. The van der Waals surface area contributed by atoms with Gasteiger partial charge in [-0.15, -0.1) is 6.58 Å². The van der Waals surface area contributed by atoms with Gasteiger partial charge in [-0.05, 0) is 44.4 Å². The van der Waals surface area contributed by atoms with Crippen LogP contribution < -0.4 is 0 Å². The second-order valence-corrected chi connectivity index (χ2v) is 5.60. The van der Waals surface area contributed by atoms with Gasteiger partial charge in [-0.25, -0.2) is 0 Å². The Labute approximate surface area is 115 Å². The Bertz CT molecular complexity index is 259. The van der Waals surface area contributed by atoms with Crippen LogP contribution in [0.5, 0.6) is 0 Å². The maximum atomic E-state index is 4.12. The lowest BCUT2D eigenvalue weighted by molar-refractivity contribution is 0.383. The van der Waals surface area contributed by atoms with Gasteiger partial charge < -0.3 is 0 Å². The SMILES string of the molecule is C=CCC(CC)CCCC(C)C(C=CC)C(=C)C. The van der Waals surface area contributed by atoms with Crippen LogP contribution in [0.4, 0.5) is 0 Å². The molecule has 0 saturated carbocycles. The van der Waals surface area contributed by atoms with Gasteiger partial charge in [0.25, 0.3) is 0 Å². The topological polar surface area (TPSA) is 0 Å². The molecular formula is C18H32. The van der Waals surface area contributed by atoms with Gasteiger partial charge in [0.05, 0.1) is 0 Å². The molecule has 3 atom stereocenters. The molecule has 0 aliphatic heterocycles. The highest BCUT2D eigenvalue weighted by Gasteiger charge is 2.15. The zero-order valence-electron chi connectivity index (χ0n) is 12.9. The van der Waals surface area contributed by atoms with E-state index in [1.165, 1.54) is 37.7 Å². The fourth-order valence-electron chi connectivity index (χ4n) is 2.68. The Morgan fingerprint density at radius 3 is 2.39 bits per heavy atom. The van der Waals surface area contributed by atoms with Crippen molar-refractivity contribution in [1.29, 1.82) is 0 Å². The highest BCUT2D eigenvalue weighted by atomic mass is 14.2. The molecule has 0 saturated heterocycles. The molecule has 104 valence electrons. The van der Waals surface area contributed by atoms with Crippen LogP contribution in [0.25, 0.3) is 0 Å². The van der Waals surface area contributed by atoms with E-state index in [4.69, 9.17) is 0 Å². The first-order valence-electron chi connectivity index (χ1n) is 7.45. The molecule has 0 nitrogen and oxygen atoms in total. The van der Waals surface area contributed by atoms with Crippen molar-refractivity contribution < 1.29 is 0 Å². The molecule has 0 bridgehead atoms. The Morgan fingerprint density at radius 1 is 1.28 bits per heavy atom. The summed E-state index contributed by atoms with van der Waals surface area (Å²) < 4.78 is 0. The molecule has 0 N–H and O–H groups in total. The normalized spacial score (nSPS) is 16.4. The number of hydrogen-bond donors (Lipinski definition) is 0. The van der Waals surface area contributed by atoms with Gasteiger partial charge in [0.2, 0.25) is 0 Å². The van der Waals surface area contributed by atoms with Crippen LogP contribution in [0, 0.1) is 17.8 Å². The Balaban J connectivity index is 4.10. The van der Waals surface area contributed by atoms with Crippen molar-refractivity contribution in [3.63, 3.8) is 0 Å². The molecule has 0 aromatic heterocycles. The van der Waals surface area contributed by atoms with Crippen LogP contribution in [-0.2, 0) is 0 Å². The number of rotatable bonds is 10. The third-order valence-electron chi connectivity index (χ3n) is 3.93. The van der Waals surface area contributed by atoms with Crippen LogP contribution in [0.1, 0.15) is 59.8 Å². The van der Waals surface area contributed by atoms with Crippen molar-refractivity contribution in [2.24, 2.45) is 17.8 Å². The smallest absolute Gasteiger partial charge is 0.000318 e. The average molecular weight is 248 g/mol. The first kappa shape index (κ1) is 17.2. The van der Waals surface area contributed by atoms with Gasteiger partial charge in [0, 0.05) is 0 Å². The molecule has 0 aliphatic rings. The summed E-state index contributed by atoms with van der Waals surface area (Å²) in [7, 11) is 0. The van der Waals surface area contributed by atoms with Crippen molar-refractivity contribution >= 4 is 0 Å². The van der Waals surface area contributed by atoms with Crippen LogP contribution in [0.3, 0.4) is 0 Å². The van der Waals surface area contributed by atoms with E-state index < -0.39 is 0 Å². The summed E-state index contributed by atoms with van der Waals surface area (Å²) in [4.78, 5) is 0. The zero-order valence-corrected chi connectivity index (χ0v) is 12.9. The molecule has 0 spiro atoms. The van der Waals surface area contributed by atoms with Gasteiger partial charge >= 0.3 is 0 Å². The van der Waals surface area contributed by atoms with E-state index in [2.05, 4.69) is 59.1 Å². The largest absolute Gasteiger partial charge is 0.103 e. The van der Waals surface area contributed by atoms with E-state index in [1.54, 1.807) is 0 Å². The number of allylic oxidation sites excluding steroid dienone is 4. The van der Waals surface area contributed by atoms with Gasteiger partial charge in [-0.3, -0.25) is 0 Å². The molecule has 0 aromatic rings. The zero-order chi connectivity index (χ0) is 14.0. The molecule has 0 amide bonds. The Morgan fingerprint density at radius 2 is 1.94 bits per heavy atom. The molecule has 0 radical (unpaired) electrons. The van der Waals surface area contributed by atoms with Crippen LogP contribution in [-0.4, -0.2) is 0 Å². The molecule has 3 unspecified atom stereocenters. The molecular weight excluding hydrogens is 216 g/mol. The van der Waals surface area contributed by atoms with E-state index in [0.717, 1.165) is 5.92 Å². The highest BCUT2D eigenvalue weighted by Crippen LogP contribution is 2.27. The molecule has 0 aliphatic carbocycles. The van der Waals surface area contributed by atoms with E-state index in [-0.39, 0.29) is 0 Å². The third-order valence-corrected chi connectivity index (χ3v) is 3.93. The van der Waals surface area contributed by atoms with Crippen molar-refractivity contribution in [1.82, 2.24) is 0 Å². The van der Waals surface area contributed by atoms with E-state index in [9.17, 15) is 0 Å². The first-order chi connectivity index (χ1) is 8.56. The van der Waals surface area contributed by atoms with E-state index in [0.29, 0.717) is 11.8 Å². The van der Waals surface area contributed by atoms with E-state index >= 15 is 0 Å². The minimum atomic E-state index is 0.550. The van der Waals surface area contributed by atoms with E-state index in [1.807, 2.05) is 0 Å². The van der Waals surface area contributed by atoms with Crippen LogP contribution in [0.2, 0.25) is 0 Å². The lowest BCUT2D eigenvalue weighted by Gasteiger charge is -2.22. The van der Waals surface area contributed by atoms with Gasteiger partial charge in [0.1, 0.15) is 0 Å². The predicted octanol–water partition coefficient (Wildman–Crippen LogP) is 6.16. The maximum Gasteiger partial charge on any atom is -0.000318 e. The monoisotopic (exact) mass is 248 g/mol. The summed E-state index contributed by atoms with van der Waals surface area (Å²) in [5, 5.41) is 0. The minimum absolute atomic E-state index is 0.550. The molecule has 0 heterocycles. The second kappa shape index (κ2) is 10.2. The lowest BCUT2D eigenvalue weighted by atomic mass is 9.83. The Hall–Kier alpha value is -0.780. The van der Waals surface area contributed by atoms with Crippen molar-refractivity contribution in [3.05, 3.63) is 37.0 Å². The highest BCUT2D eigenvalue weighted by molar-refractivity contribution is 5.07. The second-order valence-electron chi connectivity index (χ2n) is 5.60. The van der Waals surface area contributed by atoms with Gasteiger partial charge in [-0.1, -0.05) is 63.5 Å². The van der Waals surface area contributed by atoms with Crippen molar-refractivity contribution in [2.45, 2.75) is 59.8 Å². The maximum absolute atomic E-state index is 4.12. The fraction of sp³-hybridized carbons (Fsp3) is 0.667. The first-order valence-corrected chi connectivity index (χ1v) is 7.45. The summed E-state index contributed by atoms with van der Waals surface area (Å²) in [6.07, 6.45) is 12.9. The third kappa shape index (κ3) is 6.83. The lowest BCUT2D eigenvalue weighted by Crippen LogP contribution is -2.11. The summed E-state index contributed by atoms with van der Waals surface area (Å²) in [6, 6.07) is 0. The quantitative estimate of drug-likeness (QED) is 0.406. The van der Waals surface area contributed by atoms with Crippen molar-refractivity contribution in [3.8, 4) is 0 Å². The van der Waals surface area contributed by atoms with Gasteiger partial charge in [-0.2, -0.15) is 0 Å². The predicted molar refractivity (Wildman–Crippen MR) is 84.7 cm³/mol. The summed E-state index contributed by atoms with van der Waals surface area (Å²) >= 11 is 0. The summed E-state index contributed by atoms with van der Waals surface area (Å²) in [6.45, 7) is 16.9. The van der Waals surface area contributed by atoms with Gasteiger partial charge in [0.15, 0.2) is 0 Å². The van der Waals surface area contributed by atoms with Crippen LogP contribution in [0.15, 0.2) is 37.0 Å². The number of hydrogen-bond acceptors (Lipinski definition) is 0. The fourth-order valence-corrected chi connectivity index (χ4v) is 2.68. The Kier molecular flexibility index (Phi) is 9.73. The standard InChI is InChI=1S/C18H32/c1-7-11-17(9-3)14-10-13-16(6)18(12-8-2)15(4)5/h7-8,12,16-18H,1,4,9-11,13-14H2,2-3,5-6H3. The molecule has 0 aromatic carbocycles. The van der Waals surface area contributed by atoms with Crippen LogP contribution >= 0.6 is 0 Å². The summed E-state index contributed by atoms with van der Waals surface area (Å²) in [5.41, 5.74) is 1.29. The molecule has 0 rings (SSSR count). The minimum Gasteiger partial charge on any atom is -0.103 e.